The second-order valence-electron chi connectivity index (χ2n) is 5.26. The molecule has 0 saturated heterocycles. The zero-order valence-electron chi connectivity index (χ0n) is 12.7. The number of hydrogen-bond donors (Lipinski definition) is 1. The lowest BCUT2D eigenvalue weighted by molar-refractivity contribution is 0.364. The maximum absolute atomic E-state index is 4.65. The van der Waals surface area contributed by atoms with Gasteiger partial charge in [0.05, 0.1) is 17.4 Å². The van der Waals surface area contributed by atoms with Crippen LogP contribution in [0.15, 0.2) is 48.2 Å². The molecule has 0 amide bonds. The molecule has 3 aromatic rings. The Morgan fingerprint density at radius 2 is 2.14 bits per heavy atom. The van der Waals surface area contributed by atoms with Crippen LogP contribution in [0.25, 0.3) is 10.7 Å². The van der Waals surface area contributed by atoms with Crippen molar-refractivity contribution in [3.05, 3.63) is 53.9 Å². The van der Waals surface area contributed by atoms with E-state index >= 15 is 0 Å². The minimum absolute atomic E-state index is 0.295. The summed E-state index contributed by atoms with van der Waals surface area (Å²) in [5.74, 6) is 0. The number of pyridine rings is 1. The standard InChI is InChI=1S/C16H19N5S/c1-12(13(2)21-9-5-8-19-21)18-10-14-11-22-16(20-14)15-6-3-4-7-17-15/h3-9,11-13,18H,10H2,1-2H3/t12-,13-/m0/s1. The number of thiazole rings is 1. The Bertz CT molecular complexity index is 692. The van der Waals surface area contributed by atoms with E-state index in [0.717, 1.165) is 22.9 Å². The van der Waals surface area contributed by atoms with Crippen LogP contribution in [0.2, 0.25) is 0 Å². The first-order valence-electron chi connectivity index (χ1n) is 7.32. The fourth-order valence-corrected chi connectivity index (χ4v) is 2.98. The number of aromatic nitrogens is 4. The van der Waals surface area contributed by atoms with Gasteiger partial charge >= 0.3 is 0 Å². The number of nitrogens with one attached hydrogen (secondary N) is 1. The van der Waals surface area contributed by atoms with Gasteiger partial charge in [-0.15, -0.1) is 11.3 Å². The SMILES string of the molecule is C[C@H](NCc1csc(-c2ccccn2)n1)[C@H](C)n1cccn1. The Morgan fingerprint density at radius 1 is 1.23 bits per heavy atom. The first kappa shape index (κ1) is 14.9. The van der Waals surface area contributed by atoms with Crippen LogP contribution in [-0.4, -0.2) is 25.8 Å². The lowest BCUT2D eigenvalue weighted by Gasteiger charge is -2.21. The number of rotatable bonds is 6. The normalized spacial score (nSPS) is 13.9. The lowest BCUT2D eigenvalue weighted by Crippen LogP contribution is -2.33. The minimum Gasteiger partial charge on any atom is -0.306 e. The molecule has 3 aromatic heterocycles. The van der Waals surface area contributed by atoms with E-state index in [0.29, 0.717) is 12.1 Å². The van der Waals surface area contributed by atoms with Crippen LogP contribution in [0.5, 0.6) is 0 Å². The van der Waals surface area contributed by atoms with E-state index < -0.39 is 0 Å². The highest BCUT2D eigenvalue weighted by atomic mass is 32.1. The molecular weight excluding hydrogens is 294 g/mol. The number of nitrogens with zero attached hydrogens (tertiary/aromatic N) is 4. The van der Waals surface area contributed by atoms with E-state index in [4.69, 9.17) is 0 Å². The molecule has 0 aliphatic carbocycles. The third kappa shape index (κ3) is 3.40. The predicted molar refractivity (Wildman–Crippen MR) is 88.6 cm³/mol. The first-order chi connectivity index (χ1) is 10.7. The van der Waals surface area contributed by atoms with E-state index in [-0.39, 0.29) is 0 Å². The fraction of sp³-hybridized carbons (Fsp3) is 0.312. The van der Waals surface area contributed by atoms with Gasteiger partial charge in [0.1, 0.15) is 5.01 Å². The lowest BCUT2D eigenvalue weighted by atomic mass is 10.2. The van der Waals surface area contributed by atoms with E-state index in [2.05, 4.69) is 39.6 Å². The van der Waals surface area contributed by atoms with Crippen LogP contribution >= 0.6 is 11.3 Å². The maximum Gasteiger partial charge on any atom is 0.142 e. The molecule has 0 fully saturated rings. The maximum atomic E-state index is 4.65. The summed E-state index contributed by atoms with van der Waals surface area (Å²) in [6.07, 6.45) is 5.59. The van der Waals surface area contributed by atoms with Gasteiger partial charge in [0.15, 0.2) is 0 Å². The van der Waals surface area contributed by atoms with Crippen LogP contribution in [0.3, 0.4) is 0 Å². The van der Waals surface area contributed by atoms with Crippen molar-refractivity contribution in [1.82, 2.24) is 25.1 Å². The fourth-order valence-electron chi connectivity index (χ4n) is 2.18. The smallest absolute Gasteiger partial charge is 0.142 e. The Balaban J connectivity index is 1.59. The zero-order chi connectivity index (χ0) is 15.4. The Labute approximate surface area is 134 Å². The Morgan fingerprint density at radius 3 is 2.86 bits per heavy atom. The van der Waals surface area contributed by atoms with Crippen molar-refractivity contribution in [1.29, 1.82) is 0 Å². The van der Waals surface area contributed by atoms with Crippen molar-refractivity contribution in [3.8, 4) is 10.7 Å². The molecule has 3 rings (SSSR count). The second-order valence-corrected chi connectivity index (χ2v) is 6.11. The molecule has 5 nitrogen and oxygen atoms in total. The van der Waals surface area contributed by atoms with E-state index in [1.54, 1.807) is 17.5 Å². The van der Waals surface area contributed by atoms with Crippen molar-refractivity contribution >= 4 is 11.3 Å². The van der Waals surface area contributed by atoms with Crippen LogP contribution in [-0.2, 0) is 6.54 Å². The van der Waals surface area contributed by atoms with E-state index in [1.807, 2.05) is 41.3 Å². The van der Waals surface area contributed by atoms with Gasteiger partial charge in [0.25, 0.3) is 0 Å². The molecule has 0 unspecified atom stereocenters. The van der Waals surface area contributed by atoms with Crippen LogP contribution in [0, 0.1) is 0 Å². The van der Waals surface area contributed by atoms with Crippen molar-refractivity contribution < 1.29 is 0 Å². The summed E-state index contributed by atoms with van der Waals surface area (Å²) in [5.41, 5.74) is 1.97. The van der Waals surface area contributed by atoms with E-state index in [1.165, 1.54) is 0 Å². The van der Waals surface area contributed by atoms with Crippen molar-refractivity contribution in [3.63, 3.8) is 0 Å². The average Bonchev–Trinajstić information content (AvgIpc) is 3.24. The second kappa shape index (κ2) is 6.81. The molecule has 0 aromatic carbocycles. The van der Waals surface area contributed by atoms with Gasteiger partial charge in [0, 0.05) is 36.6 Å². The highest BCUT2D eigenvalue weighted by Crippen LogP contribution is 2.21. The third-order valence-corrected chi connectivity index (χ3v) is 4.62. The van der Waals surface area contributed by atoms with Crippen LogP contribution < -0.4 is 5.32 Å². The van der Waals surface area contributed by atoms with Crippen molar-refractivity contribution in [2.75, 3.05) is 0 Å². The molecular formula is C16H19N5S. The molecule has 114 valence electrons. The van der Waals surface area contributed by atoms with Gasteiger partial charge in [-0.1, -0.05) is 6.07 Å². The molecule has 6 heteroatoms. The molecule has 0 radical (unpaired) electrons. The molecule has 0 saturated carbocycles. The summed E-state index contributed by atoms with van der Waals surface area (Å²) in [4.78, 5) is 8.98. The molecule has 0 aliphatic heterocycles. The van der Waals surface area contributed by atoms with Crippen LogP contribution in [0.4, 0.5) is 0 Å². The molecule has 22 heavy (non-hydrogen) atoms. The van der Waals surface area contributed by atoms with Crippen molar-refractivity contribution in [2.45, 2.75) is 32.5 Å². The summed E-state index contributed by atoms with van der Waals surface area (Å²) in [7, 11) is 0. The summed E-state index contributed by atoms with van der Waals surface area (Å²) in [5, 5.41) is 10.9. The predicted octanol–water partition coefficient (Wildman–Crippen LogP) is 3.14. The summed E-state index contributed by atoms with van der Waals surface area (Å²) >= 11 is 1.63. The summed E-state index contributed by atoms with van der Waals surface area (Å²) < 4.78 is 1.97. The zero-order valence-corrected chi connectivity index (χ0v) is 13.5. The van der Waals surface area contributed by atoms with Gasteiger partial charge in [-0.25, -0.2) is 4.98 Å². The Hall–Kier alpha value is -2.05. The molecule has 1 N–H and O–H groups in total. The van der Waals surface area contributed by atoms with Crippen LogP contribution in [0.1, 0.15) is 25.6 Å². The van der Waals surface area contributed by atoms with Crippen molar-refractivity contribution in [2.24, 2.45) is 0 Å². The molecule has 0 spiro atoms. The minimum atomic E-state index is 0.295. The monoisotopic (exact) mass is 313 g/mol. The molecule has 0 bridgehead atoms. The first-order valence-corrected chi connectivity index (χ1v) is 8.20. The molecule has 3 heterocycles. The molecule has 0 aliphatic rings. The van der Waals surface area contributed by atoms with E-state index in [9.17, 15) is 0 Å². The summed E-state index contributed by atoms with van der Waals surface area (Å²) in [6, 6.07) is 8.43. The average molecular weight is 313 g/mol. The van der Waals surface area contributed by atoms with Gasteiger partial charge in [-0.3, -0.25) is 9.67 Å². The van der Waals surface area contributed by atoms with Gasteiger partial charge in [-0.2, -0.15) is 5.10 Å². The largest absolute Gasteiger partial charge is 0.306 e. The summed E-state index contributed by atoms with van der Waals surface area (Å²) in [6.45, 7) is 5.07. The topological polar surface area (TPSA) is 55.6 Å². The number of hydrogen-bond acceptors (Lipinski definition) is 5. The van der Waals surface area contributed by atoms with Gasteiger partial charge < -0.3 is 5.32 Å². The van der Waals surface area contributed by atoms with Gasteiger partial charge in [-0.05, 0) is 32.0 Å². The van der Waals surface area contributed by atoms with Gasteiger partial charge in [0.2, 0.25) is 0 Å². The molecule has 2 atom stereocenters. The highest BCUT2D eigenvalue weighted by molar-refractivity contribution is 7.13. The Kier molecular flexibility index (Phi) is 4.60. The quantitative estimate of drug-likeness (QED) is 0.759. The highest BCUT2D eigenvalue weighted by Gasteiger charge is 2.14. The third-order valence-electron chi connectivity index (χ3n) is 3.71.